The van der Waals surface area contributed by atoms with Crippen LogP contribution in [0.5, 0.6) is 0 Å². The maximum atomic E-state index is 5.35. The van der Waals surface area contributed by atoms with Crippen LogP contribution in [0, 0.1) is 0 Å². The Morgan fingerprint density at radius 3 is 1.74 bits per heavy atom. The molecule has 0 amide bonds. The largest absolute Gasteiger partial charge is 0.324 e. The summed E-state index contributed by atoms with van der Waals surface area (Å²) in [4.78, 5) is 10.7. The summed E-state index contributed by atoms with van der Waals surface area (Å²) < 4.78 is 4.90. The van der Waals surface area contributed by atoms with Crippen LogP contribution in [0.15, 0.2) is 180 Å². The van der Waals surface area contributed by atoms with Gasteiger partial charge in [0.2, 0.25) is 0 Å². The maximum Gasteiger partial charge on any atom is 0.170 e. The lowest BCUT2D eigenvalue weighted by atomic mass is 10.0. The summed E-state index contributed by atoms with van der Waals surface area (Å²) in [6, 6.07) is 60.3. The summed E-state index contributed by atoms with van der Waals surface area (Å²) >= 11 is 1.83. The van der Waals surface area contributed by atoms with E-state index in [1.807, 2.05) is 23.5 Å². The van der Waals surface area contributed by atoms with Crippen molar-refractivity contribution in [3.8, 4) is 16.8 Å². The third-order valence-corrected chi connectivity index (χ3v) is 10.8. The van der Waals surface area contributed by atoms with E-state index < -0.39 is 6.17 Å². The first-order valence-corrected chi connectivity index (χ1v) is 17.7. The Hall–Kier alpha value is -6.30. The van der Waals surface area contributed by atoms with E-state index >= 15 is 0 Å². The first kappa shape index (κ1) is 28.7. The Labute approximate surface area is 293 Å². The lowest BCUT2D eigenvalue weighted by molar-refractivity contribution is 0.762. The minimum Gasteiger partial charge on any atom is -0.324 e. The molecule has 50 heavy (non-hydrogen) atoms. The quantitative estimate of drug-likeness (QED) is 0.196. The summed E-state index contributed by atoms with van der Waals surface area (Å²) in [5.41, 5.74) is 8.98. The predicted octanol–water partition coefficient (Wildman–Crippen LogP) is 11.3. The fourth-order valence-electron chi connectivity index (χ4n) is 7.34. The number of benzene rings is 7. The highest BCUT2D eigenvalue weighted by atomic mass is 32.1. The molecule has 1 aliphatic rings. The zero-order valence-corrected chi connectivity index (χ0v) is 27.8. The number of fused-ring (bicyclic) bond motifs is 6. The smallest absolute Gasteiger partial charge is 0.170 e. The van der Waals surface area contributed by atoms with Crippen LogP contribution in [-0.2, 0) is 0 Å². The van der Waals surface area contributed by atoms with Crippen molar-refractivity contribution in [3.05, 3.63) is 187 Å². The Balaban J connectivity index is 1.27. The maximum absolute atomic E-state index is 5.35. The van der Waals surface area contributed by atoms with Crippen molar-refractivity contribution < 1.29 is 0 Å². The third kappa shape index (κ3) is 4.74. The Morgan fingerprint density at radius 1 is 0.460 bits per heavy atom. The molecule has 2 aromatic heterocycles. The van der Waals surface area contributed by atoms with Gasteiger partial charge in [0.05, 0.1) is 11.0 Å². The van der Waals surface area contributed by atoms with Gasteiger partial charge in [-0.3, -0.25) is 0 Å². The lowest BCUT2D eigenvalue weighted by Crippen LogP contribution is -2.36. The highest BCUT2D eigenvalue weighted by Gasteiger charge is 2.25. The number of nitrogens with zero attached hydrogens (tertiary/aromatic N) is 3. The van der Waals surface area contributed by atoms with Crippen LogP contribution in [0.4, 0.5) is 0 Å². The van der Waals surface area contributed by atoms with Gasteiger partial charge in [-0.25, -0.2) is 9.98 Å². The highest BCUT2D eigenvalue weighted by Crippen LogP contribution is 2.43. The molecule has 0 unspecified atom stereocenters. The number of hydrogen-bond acceptors (Lipinski definition) is 4. The molecule has 0 saturated carbocycles. The second-order valence-electron chi connectivity index (χ2n) is 12.6. The van der Waals surface area contributed by atoms with E-state index in [2.05, 4.69) is 168 Å². The summed E-state index contributed by atoms with van der Waals surface area (Å²) in [7, 11) is 0. The monoisotopic (exact) mass is 658 g/mol. The van der Waals surface area contributed by atoms with Crippen LogP contribution in [0.2, 0.25) is 0 Å². The summed E-state index contributed by atoms with van der Waals surface area (Å²) in [5.74, 6) is 1.62. The molecule has 9 aromatic rings. The summed E-state index contributed by atoms with van der Waals surface area (Å²) in [6.45, 7) is 0. The van der Waals surface area contributed by atoms with Crippen LogP contribution >= 0.6 is 11.3 Å². The van der Waals surface area contributed by atoms with E-state index in [1.54, 1.807) is 0 Å². The van der Waals surface area contributed by atoms with Crippen molar-refractivity contribution in [2.24, 2.45) is 9.98 Å². The van der Waals surface area contributed by atoms with Gasteiger partial charge in [0, 0.05) is 53.3 Å². The van der Waals surface area contributed by atoms with Gasteiger partial charge in [0.25, 0.3) is 0 Å². The molecule has 0 saturated heterocycles. The highest BCUT2D eigenvalue weighted by molar-refractivity contribution is 7.25. The number of aromatic nitrogens is 1. The molecule has 0 atom stereocenters. The predicted molar refractivity (Wildman–Crippen MR) is 211 cm³/mol. The number of para-hydroxylation sites is 1. The van der Waals surface area contributed by atoms with Crippen molar-refractivity contribution in [2.75, 3.05) is 0 Å². The van der Waals surface area contributed by atoms with Crippen LogP contribution in [0.3, 0.4) is 0 Å². The van der Waals surface area contributed by atoms with Gasteiger partial charge in [-0.15, -0.1) is 11.3 Å². The lowest BCUT2D eigenvalue weighted by Gasteiger charge is -2.23. The van der Waals surface area contributed by atoms with Gasteiger partial charge in [0.1, 0.15) is 11.7 Å². The van der Waals surface area contributed by atoms with Gasteiger partial charge < -0.3 is 9.88 Å². The molecular formula is C45H30N4S. The molecular weight excluding hydrogens is 629 g/mol. The first-order valence-electron chi connectivity index (χ1n) is 16.9. The van der Waals surface area contributed by atoms with Crippen LogP contribution < -0.4 is 5.32 Å². The summed E-state index contributed by atoms with van der Waals surface area (Å²) in [6.07, 6.45) is -0.463. The number of hydrogen-bond donors (Lipinski definition) is 1. The molecule has 4 nitrogen and oxygen atoms in total. The Bertz CT molecular complexity index is 2720. The normalized spacial score (nSPS) is 13.5. The number of rotatable bonds is 5. The average molecular weight is 659 g/mol. The standard InChI is InChI=1S/C45H30N4S/c1-4-14-29(15-5-1)32-24-25-35-34-20-10-12-22-38(34)49(39(35)26-32)33-27-37(42-36-21-11-13-23-40(36)50-41(42)28-33)45-47-43(30-16-6-2-7-17-30)46-44(48-45)31-18-8-3-9-19-31/h1-28,45H,(H,46,47,48). The molecule has 7 aromatic carbocycles. The number of amidine groups is 2. The molecule has 10 rings (SSSR count). The molecule has 0 radical (unpaired) electrons. The zero-order valence-electron chi connectivity index (χ0n) is 27.0. The fourth-order valence-corrected chi connectivity index (χ4v) is 8.51. The van der Waals surface area contributed by atoms with E-state index in [0.717, 1.165) is 34.0 Å². The van der Waals surface area contributed by atoms with Gasteiger partial charge in [-0.1, -0.05) is 140 Å². The number of thiophene rings is 1. The zero-order chi connectivity index (χ0) is 33.0. The number of nitrogens with one attached hydrogen (secondary N) is 1. The van der Waals surface area contributed by atoms with Gasteiger partial charge in [-0.2, -0.15) is 0 Å². The van der Waals surface area contributed by atoms with Crippen molar-refractivity contribution in [3.63, 3.8) is 0 Å². The minimum atomic E-state index is -0.463. The molecule has 1 aliphatic heterocycles. The van der Waals surface area contributed by atoms with Gasteiger partial charge >= 0.3 is 0 Å². The minimum absolute atomic E-state index is 0.463. The third-order valence-electron chi connectivity index (χ3n) is 9.65. The van der Waals surface area contributed by atoms with Crippen molar-refractivity contribution in [1.29, 1.82) is 0 Å². The van der Waals surface area contributed by atoms with E-state index in [9.17, 15) is 0 Å². The van der Waals surface area contributed by atoms with Crippen LogP contribution in [0.1, 0.15) is 22.9 Å². The van der Waals surface area contributed by atoms with E-state index in [0.29, 0.717) is 0 Å². The van der Waals surface area contributed by atoms with Crippen molar-refractivity contribution in [2.45, 2.75) is 6.17 Å². The fraction of sp³-hybridized carbons (Fsp3) is 0.0222. The topological polar surface area (TPSA) is 41.7 Å². The summed E-state index contributed by atoms with van der Waals surface area (Å²) in [5, 5.41) is 8.48. The molecule has 3 heterocycles. The second kappa shape index (κ2) is 11.7. The van der Waals surface area contributed by atoms with Crippen molar-refractivity contribution in [1.82, 2.24) is 9.88 Å². The average Bonchev–Trinajstić information content (AvgIpc) is 3.74. The SMILES string of the molecule is c1ccc(C2=NC(c3cc(-n4c5ccccc5c5ccc(-c6ccccc6)cc54)cc4sc5ccccc5c34)N=C(c3ccccc3)N2)cc1. The number of aliphatic imine (C=N–C) groups is 2. The van der Waals surface area contributed by atoms with Crippen LogP contribution in [0.25, 0.3) is 58.8 Å². The molecule has 0 bridgehead atoms. The van der Waals surface area contributed by atoms with Crippen molar-refractivity contribution >= 4 is 65.0 Å². The molecule has 0 spiro atoms. The van der Waals surface area contributed by atoms with Crippen LogP contribution in [-0.4, -0.2) is 16.2 Å². The van der Waals surface area contributed by atoms with E-state index in [-0.39, 0.29) is 0 Å². The van der Waals surface area contributed by atoms with E-state index in [4.69, 9.17) is 9.98 Å². The molecule has 5 heteroatoms. The molecule has 0 aliphatic carbocycles. The Kier molecular flexibility index (Phi) is 6.71. The van der Waals surface area contributed by atoms with Gasteiger partial charge in [0.15, 0.2) is 6.17 Å². The molecule has 0 fully saturated rings. The molecule has 236 valence electrons. The Morgan fingerprint density at radius 2 is 1.04 bits per heavy atom. The second-order valence-corrected chi connectivity index (χ2v) is 13.7. The van der Waals surface area contributed by atoms with E-state index in [1.165, 1.54) is 53.1 Å². The molecule has 1 N–H and O–H groups in total. The van der Waals surface area contributed by atoms with Gasteiger partial charge in [-0.05, 0) is 41.5 Å². The first-order chi connectivity index (χ1) is 24.8.